The first-order chi connectivity index (χ1) is 10.8. The fourth-order valence-electron chi connectivity index (χ4n) is 3.82. The van der Waals surface area contributed by atoms with Gasteiger partial charge in [0.25, 0.3) is 0 Å². The number of likely N-dealkylation sites (tertiary alicyclic amines) is 1. The van der Waals surface area contributed by atoms with Crippen molar-refractivity contribution in [2.24, 2.45) is 11.8 Å². The second kappa shape index (κ2) is 6.05. The summed E-state index contributed by atoms with van der Waals surface area (Å²) in [7, 11) is 0. The molecule has 5 heteroatoms. The third-order valence-corrected chi connectivity index (χ3v) is 5.19. The van der Waals surface area contributed by atoms with Gasteiger partial charge < -0.3 is 14.5 Å². The first-order valence-corrected chi connectivity index (χ1v) is 8.45. The molecule has 3 heterocycles. The van der Waals surface area contributed by atoms with Gasteiger partial charge in [0.15, 0.2) is 0 Å². The smallest absolute Gasteiger partial charge is 0.224 e. The molecular formula is C17H24N2O3. The Bertz CT molecular complexity index is 512. The molecule has 1 aromatic rings. The summed E-state index contributed by atoms with van der Waals surface area (Å²) in [6, 6.07) is 4.27. The topological polar surface area (TPSA) is 54.7 Å². The highest BCUT2D eigenvalue weighted by Gasteiger charge is 2.43. The van der Waals surface area contributed by atoms with Crippen LogP contribution in [0, 0.1) is 11.8 Å². The largest absolute Gasteiger partial charge is 0.467 e. The van der Waals surface area contributed by atoms with Crippen LogP contribution in [0.15, 0.2) is 22.8 Å². The number of rotatable bonds is 5. The fourth-order valence-corrected chi connectivity index (χ4v) is 3.82. The Morgan fingerprint density at radius 3 is 3.05 bits per heavy atom. The Labute approximate surface area is 131 Å². The predicted molar refractivity (Wildman–Crippen MR) is 81.1 cm³/mol. The quantitative estimate of drug-likeness (QED) is 0.901. The van der Waals surface area contributed by atoms with Crippen molar-refractivity contribution in [1.29, 1.82) is 0 Å². The number of nitrogens with one attached hydrogen (secondary N) is 1. The highest BCUT2D eigenvalue weighted by Crippen LogP contribution is 2.36. The van der Waals surface area contributed by atoms with E-state index in [-0.39, 0.29) is 17.9 Å². The summed E-state index contributed by atoms with van der Waals surface area (Å²) >= 11 is 0. The first-order valence-electron chi connectivity index (χ1n) is 8.45. The second-order valence-corrected chi connectivity index (χ2v) is 6.89. The molecule has 3 fully saturated rings. The zero-order valence-corrected chi connectivity index (χ0v) is 12.9. The molecule has 0 radical (unpaired) electrons. The van der Waals surface area contributed by atoms with Gasteiger partial charge in [-0.25, -0.2) is 0 Å². The van der Waals surface area contributed by atoms with Crippen molar-refractivity contribution in [2.75, 3.05) is 19.7 Å². The number of nitrogens with zero attached hydrogens (tertiary/aromatic N) is 1. The molecule has 1 saturated carbocycles. The molecule has 1 amide bonds. The molecule has 2 aliphatic heterocycles. The molecule has 0 unspecified atom stereocenters. The molecule has 22 heavy (non-hydrogen) atoms. The number of amides is 1. The van der Waals surface area contributed by atoms with Crippen LogP contribution in [0.1, 0.15) is 31.4 Å². The van der Waals surface area contributed by atoms with E-state index in [1.165, 1.54) is 12.8 Å². The highest BCUT2D eigenvalue weighted by molar-refractivity contribution is 5.79. The van der Waals surface area contributed by atoms with Crippen LogP contribution in [0.4, 0.5) is 0 Å². The predicted octanol–water partition coefficient (Wildman–Crippen LogP) is 1.79. The molecule has 5 nitrogen and oxygen atoms in total. The van der Waals surface area contributed by atoms with Crippen LogP contribution in [0.2, 0.25) is 0 Å². The molecular weight excluding hydrogens is 280 g/mol. The lowest BCUT2D eigenvalue weighted by atomic mass is 9.89. The average molecular weight is 304 g/mol. The Kier molecular flexibility index (Phi) is 3.92. The molecule has 0 spiro atoms. The van der Waals surface area contributed by atoms with Crippen molar-refractivity contribution in [1.82, 2.24) is 10.2 Å². The number of fused-ring (bicyclic) bond motifs is 1. The van der Waals surface area contributed by atoms with E-state index in [1.54, 1.807) is 6.26 Å². The van der Waals surface area contributed by atoms with Crippen molar-refractivity contribution in [3.63, 3.8) is 0 Å². The minimum absolute atomic E-state index is 0.0352. The highest BCUT2D eigenvalue weighted by atomic mass is 16.5. The third kappa shape index (κ3) is 3.06. The van der Waals surface area contributed by atoms with Gasteiger partial charge in [-0.05, 0) is 43.7 Å². The lowest BCUT2D eigenvalue weighted by Crippen LogP contribution is -2.53. The third-order valence-electron chi connectivity index (χ3n) is 5.19. The number of carbonyl (C=O) groups excluding carboxylic acids is 1. The van der Waals surface area contributed by atoms with Gasteiger partial charge in [-0.3, -0.25) is 9.69 Å². The molecule has 0 aromatic carbocycles. The van der Waals surface area contributed by atoms with Crippen LogP contribution in [0.3, 0.4) is 0 Å². The fraction of sp³-hybridized carbons (Fsp3) is 0.706. The molecule has 1 N–H and O–H groups in total. The summed E-state index contributed by atoms with van der Waals surface area (Å²) in [5.41, 5.74) is 0. The molecule has 1 aromatic heterocycles. The van der Waals surface area contributed by atoms with E-state index in [0.29, 0.717) is 12.6 Å². The van der Waals surface area contributed by atoms with E-state index in [9.17, 15) is 4.79 Å². The van der Waals surface area contributed by atoms with Crippen LogP contribution in [0.5, 0.6) is 0 Å². The molecule has 1 aliphatic carbocycles. The standard InChI is InChI=1S/C17H24N2O3/c20-17(18-9-14-2-1-6-21-14)13-8-16-15(5-7-22-16)19(11-13)10-12-3-4-12/h1-2,6,12-13,15-16H,3-5,7-11H2,(H,18,20)/t13-,15+,16+/m1/s1. The van der Waals surface area contributed by atoms with Crippen LogP contribution >= 0.6 is 0 Å². The number of hydrogen-bond donors (Lipinski definition) is 1. The van der Waals surface area contributed by atoms with E-state index in [2.05, 4.69) is 10.2 Å². The Morgan fingerprint density at radius 2 is 2.27 bits per heavy atom. The zero-order valence-electron chi connectivity index (χ0n) is 12.9. The number of ether oxygens (including phenoxy) is 1. The molecule has 3 aliphatic rings. The van der Waals surface area contributed by atoms with E-state index < -0.39 is 0 Å². The van der Waals surface area contributed by atoms with Gasteiger partial charge in [-0.2, -0.15) is 0 Å². The molecule has 0 bridgehead atoms. The van der Waals surface area contributed by atoms with E-state index in [4.69, 9.17) is 9.15 Å². The Morgan fingerprint density at radius 1 is 1.36 bits per heavy atom. The van der Waals surface area contributed by atoms with Gasteiger partial charge in [-0.15, -0.1) is 0 Å². The molecule has 4 rings (SSSR count). The summed E-state index contributed by atoms with van der Waals surface area (Å²) in [5, 5.41) is 3.01. The van der Waals surface area contributed by atoms with Crippen molar-refractivity contribution in [2.45, 2.75) is 44.4 Å². The van der Waals surface area contributed by atoms with Crippen LogP contribution < -0.4 is 5.32 Å². The summed E-state index contributed by atoms with van der Waals surface area (Å²) < 4.78 is 11.2. The van der Waals surface area contributed by atoms with Crippen LogP contribution in [-0.4, -0.2) is 42.6 Å². The maximum Gasteiger partial charge on any atom is 0.224 e. The maximum atomic E-state index is 12.5. The lowest BCUT2D eigenvalue weighted by Gasteiger charge is -2.40. The molecule has 3 atom stereocenters. The summed E-state index contributed by atoms with van der Waals surface area (Å²) in [6.45, 7) is 3.34. The van der Waals surface area contributed by atoms with Gasteiger partial charge in [0.05, 0.1) is 24.8 Å². The van der Waals surface area contributed by atoms with Gasteiger partial charge in [-0.1, -0.05) is 0 Å². The van der Waals surface area contributed by atoms with E-state index in [0.717, 1.165) is 44.2 Å². The minimum Gasteiger partial charge on any atom is -0.467 e. The SMILES string of the molecule is O=C(NCc1ccco1)[C@@H]1C[C@@H]2OCC[C@@H]2N(CC2CC2)C1. The Balaban J connectivity index is 1.36. The number of hydrogen-bond acceptors (Lipinski definition) is 4. The molecule has 2 saturated heterocycles. The van der Waals surface area contributed by atoms with Crippen LogP contribution in [-0.2, 0) is 16.1 Å². The summed E-state index contributed by atoms with van der Waals surface area (Å²) in [5.74, 6) is 1.82. The monoisotopic (exact) mass is 304 g/mol. The van der Waals surface area contributed by atoms with E-state index in [1.807, 2.05) is 12.1 Å². The first kappa shape index (κ1) is 14.3. The van der Waals surface area contributed by atoms with Crippen molar-refractivity contribution in [3.05, 3.63) is 24.2 Å². The van der Waals surface area contributed by atoms with Crippen molar-refractivity contribution in [3.8, 4) is 0 Å². The molecule has 120 valence electrons. The second-order valence-electron chi connectivity index (χ2n) is 6.89. The summed E-state index contributed by atoms with van der Waals surface area (Å²) in [6.07, 6.45) is 6.56. The number of piperidine rings is 1. The van der Waals surface area contributed by atoms with Crippen molar-refractivity contribution < 1.29 is 13.9 Å². The normalized spacial score (nSPS) is 31.9. The number of carbonyl (C=O) groups is 1. The lowest BCUT2D eigenvalue weighted by molar-refractivity contribution is -0.129. The van der Waals surface area contributed by atoms with Crippen molar-refractivity contribution >= 4 is 5.91 Å². The van der Waals surface area contributed by atoms with Crippen LogP contribution in [0.25, 0.3) is 0 Å². The van der Waals surface area contributed by atoms with Gasteiger partial charge in [0.1, 0.15) is 5.76 Å². The van der Waals surface area contributed by atoms with Gasteiger partial charge in [0.2, 0.25) is 5.91 Å². The Hall–Kier alpha value is -1.33. The average Bonchev–Trinajstić information content (AvgIpc) is 3.03. The van der Waals surface area contributed by atoms with Gasteiger partial charge >= 0.3 is 0 Å². The van der Waals surface area contributed by atoms with E-state index >= 15 is 0 Å². The number of furan rings is 1. The zero-order chi connectivity index (χ0) is 14.9. The van der Waals surface area contributed by atoms with Gasteiger partial charge in [0, 0.05) is 25.7 Å². The minimum atomic E-state index is 0.0352. The maximum absolute atomic E-state index is 12.5. The summed E-state index contributed by atoms with van der Waals surface area (Å²) in [4.78, 5) is 15.0.